The van der Waals surface area contributed by atoms with Crippen LogP contribution < -0.4 is 5.32 Å². The molecule has 0 radical (unpaired) electrons. The monoisotopic (exact) mass is 333 g/mol. The van der Waals surface area contributed by atoms with E-state index in [0.717, 1.165) is 19.4 Å². The van der Waals surface area contributed by atoms with Crippen molar-refractivity contribution in [1.82, 2.24) is 15.1 Å². The number of hydrogen-bond donors (Lipinski definition) is 1. The predicted molar refractivity (Wildman–Crippen MR) is 90.2 cm³/mol. The first kappa shape index (κ1) is 17.0. The smallest absolute Gasteiger partial charge is 0.321 e. The zero-order valence-electron chi connectivity index (χ0n) is 14.3. The number of carbonyl (C=O) groups is 3. The standard InChI is InChI=1S/C18H27N3O3/c22-15-8-12-20(13-9-15)17(23)7-10-19-18(24)21-11-3-5-14-4-1-2-6-16(14)21/h6,14H,1-5,7-13H2,(H,19,24). The van der Waals surface area contributed by atoms with Gasteiger partial charge in [-0.3, -0.25) is 14.5 Å². The number of piperidine rings is 2. The molecule has 2 fully saturated rings. The van der Waals surface area contributed by atoms with Gasteiger partial charge in [0.25, 0.3) is 0 Å². The van der Waals surface area contributed by atoms with Crippen LogP contribution in [0.2, 0.25) is 0 Å². The summed E-state index contributed by atoms with van der Waals surface area (Å²) in [5.41, 5.74) is 1.19. The molecule has 3 aliphatic rings. The Hall–Kier alpha value is -1.85. The lowest BCUT2D eigenvalue weighted by Gasteiger charge is -2.37. The Balaban J connectivity index is 1.44. The van der Waals surface area contributed by atoms with Crippen LogP contribution in [-0.4, -0.2) is 53.7 Å². The predicted octanol–water partition coefficient (Wildman–Crippen LogP) is 2.06. The molecule has 2 heterocycles. The third-order valence-corrected chi connectivity index (χ3v) is 5.31. The largest absolute Gasteiger partial charge is 0.342 e. The number of carbonyl (C=O) groups excluding carboxylic acids is 3. The maximum Gasteiger partial charge on any atom is 0.321 e. The fourth-order valence-corrected chi connectivity index (χ4v) is 3.93. The molecule has 1 aliphatic carbocycles. The van der Waals surface area contributed by atoms with Crippen LogP contribution in [0, 0.1) is 5.92 Å². The third kappa shape index (κ3) is 3.97. The van der Waals surface area contributed by atoms with E-state index >= 15 is 0 Å². The topological polar surface area (TPSA) is 69.7 Å². The van der Waals surface area contributed by atoms with Crippen LogP contribution in [0.1, 0.15) is 51.4 Å². The average molecular weight is 333 g/mol. The van der Waals surface area contributed by atoms with Gasteiger partial charge in [0.05, 0.1) is 0 Å². The molecular formula is C18H27N3O3. The summed E-state index contributed by atoms with van der Waals surface area (Å²) in [7, 11) is 0. The quantitative estimate of drug-likeness (QED) is 0.859. The first-order valence-corrected chi connectivity index (χ1v) is 9.20. The van der Waals surface area contributed by atoms with Crippen LogP contribution in [0.4, 0.5) is 4.79 Å². The molecule has 24 heavy (non-hydrogen) atoms. The van der Waals surface area contributed by atoms with Crippen LogP contribution >= 0.6 is 0 Å². The second kappa shape index (κ2) is 7.81. The van der Waals surface area contributed by atoms with Crippen molar-refractivity contribution in [3.05, 3.63) is 11.8 Å². The molecular weight excluding hydrogens is 306 g/mol. The zero-order chi connectivity index (χ0) is 16.9. The molecule has 0 aromatic heterocycles. The van der Waals surface area contributed by atoms with Crippen LogP contribution in [-0.2, 0) is 9.59 Å². The number of nitrogens with zero attached hydrogens (tertiary/aromatic N) is 2. The van der Waals surface area contributed by atoms with Gasteiger partial charge in [-0.05, 0) is 38.0 Å². The highest BCUT2D eigenvalue weighted by Crippen LogP contribution is 2.34. The fraction of sp³-hybridized carbons (Fsp3) is 0.722. The van der Waals surface area contributed by atoms with Gasteiger partial charge in [0.1, 0.15) is 5.78 Å². The molecule has 132 valence electrons. The Morgan fingerprint density at radius 3 is 2.67 bits per heavy atom. The van der Waals surface area contributed by atoms with Crippen molar-refractivity contribution in [2.24, 2.45) is 5.92 Å². The summed E-state index contributed by atoms with van der Waals surface area (Å²) in [5, 5.41) is 2.90. The molecule has 0 aromatic rings. The molecule has 3 amide bonds. The van der Waals surface area contributed by atoms with E-state index in [9.17, 15) is 14.4 Å². The van der Waals surface area contributed by atoms with E-state index in [1.165, 1.54) is 25.0 Å². The van der Waals surface area contributed by atoms with Crippen molar-refractivity contribution < 1.29 is 14.4 Å². The SMILES string of the molecule is O=C1CCN(C(=O)CCNC(=O)N2CCCC3CCCC=C32)CC1. The summed E-state index contributed by atoms with van der Waals surface area (Å²) in [5.74, 6) is 0.787. The first-order chi connectivity index (χ1) is 11.6. The number of rotatable bonds is 3. The van der Waals surface area contributed by atoms with Crippen molar-refractivity contribution in [2.75, 3.05) is 26.2 Å². The van der Waals surface area contributed by atoms with E-state index in [0.29, 0.717) is 44.8 Å². The number of nitrogens with one attached hydrogen (secondary N) is 1. The van der Waals surface area contributed by atoms with Gasteiger partial charge < -0.3 is 10.2 Å². The molecule has 1 N–H and O–H groups in total. The van der Waals surface area contributed by atoms with Gasteiger partial charge in [0.15, 0.2) is 0 Å². The minimum Gasteiger partial charge on any atom is -0.342 e. The molecule has 2 aliphatic heterocycles. The second-order valence-corrected chi connectivity index (χ2v) is 6.95. The van der Waals surface area contributed by atoms with Crippen molar-refractivity contribution >= 4 is 17.7 Å². The van der Waals surface area contributed by atoms with E-state index in [4.69, 9.17) is 0 Å². The zero-order valence-corrected chi connectivity index (χ0v) is 14.3. The van der Waals surface area contributed by atoms with Gasteiger partial charge in [0.2, 0.25) is 5.91 Å². The Kier molecular flexibility index (Phi) is 5.53. The van der Waals surface area contributed by atoms with Crippen LogP contribution in [0.25, 0.3) is 0 Å². The summed E-state index contributed by atoms with van der Waals surface area (Å²) in [6.45, 7) is 2.17. The minimum absolute atomic E-state index is 0.0243. The van der Waals surface area contributed by atoms with Gasteiger partial charge in [-0.1, -0.05) is 6.08 Å². The van der Waals surface area contributed by atoms with E-state index in [2.05, 4.69) is 11.4 Å². The molecule has 0 bridgehead atoms. The number of hydrogen-bond acceptors (Lipinski definition) is 3. The van der Waals surface area contributed by atoms with E-state index in [1.54, 1.807) is 4.90 Å². The molecule has 0 spiro atoms. The summed E-state index contributed by atoms with van der Waals surface area (Å²) >= 11 is 0. The molecule has 6 nitrogen and oxygen atoms in total. The molecule has 6 heteroatoms. The van der Waals surface area contributed by atoms with E-state index in [1.807, 2.05) is 4.90 Å². The van der Waals surface area contributed by atoms with Crippen LogP contribution in [0.3, 0.4) is 0 Å². The van der Waals surface area contributed by atoms with E-state index < -0.39 is 0 Å². The number of likely N-dealkylation sites (tertiary alicyclic amines) is 2. The van der Waals surface area contributed by atoms with Gasteiger partial charge in [-0.25, -0.2) is 4.79 Å². The summed E-state index contributed by atoms with van der Waals surface area (Å²) < 4.78 is 0. The molecule has 1 atom stereocenters. The summed E-state index contributed by atoms with van der Waals surface area (Å²) in [4.78, 5) is 39.4. The van der Waals surface area contributed by atoms with Crippen molar-refractivity contribution in [1.29, 1.82) is 0 Å². The maximum absolute atomic E-state index is 12.5. The number of ketones is 1. The lowest BCUT2D eigenvalue weighted by Crippen LogP contribution is -2.46. The van der Waals surface area contributed by atoms with Crippen molar-refractivity contribution in [2.45, 2.75) is 51.4 Å². The number of allylic oxidation sites excluding steroid dienone is 2. The highest BCUT2D eigenvalue weighted by atomic mass is 16.2. The first-order valence-electron chi connectivity index (χ1n) is 9.20. The van der Waals surface area contributed by atoms with Gasteiger partial charge in [0, 0.05) is 51.1 Å². The Bertz CT molecular complexity index is 534. The summed E-state index contributed by atoms with van der Waals surface area (Å²) in [6, 6.07) is -0.0746. The molecule has 2 saturated heterocycles. The lowest BCUT2D eigenvalue weighted by molar-refractivity contribution is -0.134. The van der Waals surface area contributed by atoms with Gasteiger partial charge in [-0.15, -0.1) is 0 Å². The van der Waals surface area contributed by atoms with Gasteiger partial charge in [-0.2, -0.15) is 0 Å². The highest BCUT2D eigenvalue weighted by molar-refractivity contribution is 5.84. The highest BCUT2D eigenvalue weighted by Gasteiger charge is 2.30. The van der Waals surface area contributed by atoms with Crippen molar-refractivity contribution in [3.8, 4) is 0 Å². The van der Waals surface area contributed by atoms with Crippen LogP contribution in [0.5, 0.6) is 0 Å². The third-order valence-electron chi connectivity index (χ3n) is 5.31. The Morgan fingerprint density at radius 1 is 1.12 bits per heavy atom. The number of amides is 3. The lowest BCUT2D eigenvalue weighted by atomic mass is 9.85. The molecule has 1 unspecified atom stereocenters. The fourth-order valence-electron chi connectivity index (χ4n) is 3.93. The average Bonchev–Trinajstić information content (AvgIpc) is 2.61. The van der Waals surface area contributed by atoms with E-state index in [-0.39, 0.29) is 17.7 Å². The van der Waals surface area contributed by atoms with Gasteiger partial charge >= 0.3 is 6.03 Å². The van der Waals surface area contributed by atoms with Crippen molar-refractivity contribution in [3.63, 3.8) is 0 Å². The second-order valence-electron chi connectivity index (χ2n) is 6.95. The molecule has 3 rings (SSSR count). The Morgan fingerprint density at radius 2 is 1.88 bits per heavy atom. The molecule has 0 saturated carbocycles. The Labute approximate surface area is 143 Å². The normalized spacial score (nSPS) is 24.2. The maximum atomic E-state index is 12.5. The summed E-state index contributed by atoms with van der Waals surface area (Å²) in [6.07, 6.45) is 9.12. The number of Topliss-reactive ketones (excluding diaryl/α,β-unsaturated/α-hetero) is 1. The minimum atomic E-state index is -0.0746. The molecule has 0 aromatic carbocycles. The van der Waals surface area contributed by atoms with Crippen LogP contribution in [0.15, 0.2) is 11.8 Å². The number of fused-ring (bicyclic) bond motifs is 1. The number of urea groups is 1.